The van der Waals surface area contributed by atoms with Crippen LogP contribution >= 0.6 is 15.9 Å². The minimum absolute atomic E-state index is 0.00212. The zero-order valence-corrected chi connectivity index (χ0v) is 14.3. The van der Waals surface area contributed by atoms with E-state index in [4.69, 9.17) is 0 Å². The van der Waals surface area contributed by atoms with E-state index >= 15 is 0 Å². The molecule has 23 heavy (non-hydrogen) atoms. The maximum atomic E-state index is 13.6. The highest BCUT2D eigenvalue weighted by molar-refractivity contribution is 9.10. The van der Waals surface area contributed by atoms with Crippen LogP contribution < -0.4 is 16.0 Å². The van der Waals surface area contributed by atoms with Crippen LogP contribution in [0.15, 0.2) is 22.7 Å². The summed E-state index contributed by atoms with van der Waals surface area (Å²) in [5.41, 5.74) is 0.00212. The van der Waals surface area contributed by atoms with Crippen LogP contribution in [0.4, 0.5) is 14.9 Å². The van der Waals surface area contributed by atoms with Crippen molar-refractivity contribution >= 4 is 43.4 Å². The molecule has 0 saturated carbocycles. The van der Waals surface area contributed by atoms with Gasteiger partial charge in [0.05, 0.1) is 23.7 Å². The second-order valence-corrected chi connectivity index (χ2v) is 8.24. The quantitative estimate of drug-likeness (QED) is 0.692. The molecular weight excluding hydrogens is 393 g/mol. The molecule has 0 bridgehead atoms. The van der Waals surface area contributed by atoms with E-state index in [-0.39, 0.29) is 23.7 Å². The van der Waals surface area contributed by atoms with Gasteiger partial charge in [-0.2, -0.15) is 0 Å². The van der Waals surface area contributed by atoms with Crippen molar-refractivity contribution in [3.8, 4) is 0 Å². The zero-order valence-electron chi connectivity index (χ0n) is 11.9. The number of carbonyl (C=O) groups excluding carboxylic acids is 2. The van der Waals surface area contributed by atoms with E-state index in [1.54, 1.807) is 6.07 Å². The summed E-state index contributed by atoms with van der Waals surface area (Å²) in [6.07, 6.45) is 0.353. The van der Waals surface area contributed by atoms with Crippen LogP contribution in [0, 0.1) is 5.82 Å². The highest BCUT2D eigenvalue weighted by atomic mass is 79.9. The largest absolute Gasteiger partial charge is 0.334 e. The number of hydrogen-bond acceptors (Lipinski definition) is 4. The molecule has 3 N–H and O–H groups in total. The summed E-state index contributed by atoms with van der Waals surface area (Å²) in [6, 6.07) is 3.07. The van der Waals surface area contributed by atoms with E-state index < -0.39 is 33.6 Å². The van der Waals surface area contributed by atoms with Gasteiger partial charge in [0.25, 0.3) is 0 Å². The molecule has 1 heterocycles. The van der Waals surface area contributed by atoms with Gasteiger partial charge in [0.2, 0.25) is 5.91 Å². The number of halogens is 2. The van der Waals surface area contributed by atoms with Crippen molar-refractivity contribution in [1.29, 1.82) is 0 Å². The van der Waals surface area contributed by atoms with Gasteiger partial charge in [-0.25, -0.2) is 17.6 Å². The van der Waals surface area contributed by atoms with Crippen molar-refractivity contribution in [2.24, 2.45) is 0 Å². The van der Waals surface area contributed by atoms with Crippen LogP contribution in [0.5, 0.6) is 0 Å². The van der Waals surface area contributed by atoms with E-state index in [0.717, 1.165) is 0 Å². The van der Waals surface area contributed by atoms with Crippen LogP contribution in [0.1, 0.15) is 6.42 Å². The average Bonchev–Trinajstić information content (AvgIpc) is 2.79. The highest BCUT2D eigenvalue weighted by Gasteiger charge is 2.28. The molecule has 1 saturated heterocycles. The van der Waals surface area contributed by atoms with Gasteiger partial charge in [0.1, 0.15) is 5.82 Å². The van der Waals surface area contributed by atoms with Gasteiger partial charge in [-0.05, 0) is 24.6 Å². The SMILES string of the molecule is O=C(CNC(=O)N[C@@H]1CCS(=O)(=O)C1)Nc1ccc(Br)cc1F. The summed E-state index contributed by atoms with van der Waals surface area (Å²) in [7, 11) is -3.09. The van der Waals surface area contributed by atoms with Gasteiger partial charge < -0.3 is 16.0 Å². The number of benzene rings is 1. The second-order valence-electron chi connectivity index (χ2n) is 5.10. The van der Waals surface area contributed by atoms with Gasteiger partial charge in [-0.3, -0.25) is 4.79 Å². The predicted molar refractivity (Wildman–Crippen MR) is 86.3 cm³/mol. The molecule has 1 aliphatic rings. The molecule has 0 unspecified atom stereocenters. The van der Waals surface area contributed by atoms with Crippen LogP contribution in [-0.4, -0.2) is 44.4 Å². The van der Waals surface area contributed by atoms with Crippen molar-refractivity contribution < 1.29 is 22.4 Å². The highest BCUT2D eigenvalue weighted by Crippen LogP contribution is 2.19. The molecule has 1 aromatic rings. The fraction of sp³-hybridized carbons (Fsp3) is 0.385. The smallest absolute Gasteiger partial charge is 0.315 e. The zero-order chi connectivity index (χ0) is 17.0. The van der Waals surface area contributed by atoms with Gasteiger partial charge in [0.15, 0.2) is 9.84 Å². The molecule has 0 aliphatic carbocycles. The number of rotatable bonds is 4. The molecule has 1 aliphatic heterocycles. The molecule has 0 aromatic heterocycles. The number of amides is 3. The first-order valence-electron chi connectivity index (χ1n) is 6.75. The molecule has 126 valence electrons. The fourth-order valence-electron chi connectivity index (χ4n) is 2.09. The first-order chi connectivity index (χ1) is 10.7. The maximum Gasteiger partial charge on any atom is 0.315 e. The Morgan fingerprint density at radius 2 is 2.09 bits per heavy atom. The molecule has 0 spiro atoms. The average molecular weight is 408 g/mol. The van der Waals surface area contributed by atoms with Crippen LogP contribution in [-0.2, 0) is 14.6 Å². The molecule has 3 amide bonds. The van der Waals surface area contributed by atoms with Crippen molar-refractivity contribution in [3.63, 3.8) is 0 Å². The van der Waals surface area contributed by atoms with Crippen molar-refractivity contribution in [1.82, 2.24) is 10.6 Å². The van der Waals surface area contributed by atoms with E-state index in [0.29, 0.717) is 10.9 Å². The Morgan fingerprint density at radius 1 is 1.35 bits per heavy atom. The first kappa shape index (κ1) is 17.7. The Bertz CT molecular complexity index is 726. The van der Waals surface area contributed by atoms with Crippen molar-refractivity contribution in [3.05, 3.63) is 28.5 Å². The third-order valence-electron chi connectivity index (χ3n) is 3.18. The molecule has 0 radical (unpaired) electrons. The minimum atomic E-state index is -3.09. The standard InChI is InChI=1S/C13H15BrFN3O4S/c14-8-1-2-11(10(15)5-8)18-12(19)6-16-13(20)17-9-3-4-23(21,22)7-9/h1-2,5,9H,3-4,6-7H2,(H,18,19)(H2,16,17,20)/t9-/m1/s1. The summed E-state index contributed by atoms with van der Waals surface area (Å²) in [5.74, 6) is -1.26. The minimum Gasteiger partial charge on any atom is -0.334 e. The monoisotopic (exact) mass is 407 g/mol. The third-order valence-corrected chi connectivity index (χ3v) is 5.44. The maximum absolute atomic E-state index is 13.6. The van der Waals surface area contributed by atoms with E-state index in [1.165, 1.54) is 12.1 Å². The van der Waals surface area contributed by atoms with Crippen molar-refractivity contribution in [2.75, 3.05) is 23.4 Å². The summed E-state index contributed by atoms with van der Waals surface area (Å²) >= 11 is 3.10. The van der Waals surface area contributed by atoms with Gasteiger partial charge in [-0.15, -0.1) is 0 Å². The molecule has 10 heteroatoms. The molecule has 1 fully saturated rings. The Labute approximate surface area is 141 Å². The number of urea groups is 1. The van der Waals surface area contributed by atoms with Crippen LogP contribution in [0.3, 0.4) is 0 Å². The number of carbonyl (C=O) groups is 2. The fourth-order valence-corrected chi connectivity index (χ4v) is 4.10. The van der Waals surface area contributed by atoms with E-state index in [2.05, 4.69) is 31.9 Å². The number of hydrogen-bond donors (Lipinski definition) is 3. The lowest BCUT2D eigenvalue weighted by Crippen LogP contribution is -2.45. The van der Waals surface area contributed by atoms with Crippen LogP contribution in [0.2, 0.25) is 0 Å². The lowest BCUT2D eigenvalue weighted by Gasteiger charge is -2.12. The third kappa shape index (κ3) is 5.47. The Balaban J connectivity index is 1.77. The predicted octanol–water partition coefficient (Wildman–Crippen LogP) is 1.01. The van der Waals surface area contributed by atoms with Crippen molar-refractivity contribution in [2.45, 2.75) is 12.5 Å². The van der Waals surface area contributed by atoms with E-state index in [1.807, 2.05) is 0 Å². The number of sulfone groups is 1. The molecule has 2 rings (SSSR count). The second kappa shape index (κ2) is 7.26. The Morgan fingerprint density at radius 3 is 2.70 bits per heavy atom. The topological polar surface area (TPSA) is 104 Å². The normalized spacial score (nSPS) is 19.1. The molecule has 1 atom stereocenters. The summed E-state index contributed by atoms with van der Waals surface area (Å²) in [6.45, 7) is -0.360. The number of anilines is 1. The molecular formula is C13H15BrFN3O4S. The number of nitrogens with one attached hydrogen (secondary N) is 3. The van der Waals surface area contributed by atoms with Crippen LogP contribution in [0.25, 0.3) is 0 Å². The summed E-state index contributed by atoms with van der Waals surface area (Å²) in [4.78, 5) is 23.3. The van der Waals surface area contributed by atoms with Gasteiger partial charge in [-0.1, -0.05) is 15.9 Å². The molecule has 1 aromatic carbocycles. The first-order valence-corrected chi connectivity index (χ1v) is 9.36. The Kier molecular flexibility index (Phi) is 5.58. The Hall–Kier alpha value is -1.68. The lowest BCUT2D eigenvalue weighted by atomic mass is 10.3. The van der Waals surface area contributed by atoms with Gasteiger partial charge in [0, 0.05) is 10.5 Å². The molecule has 7 nitrogen and oxygen atoms in total. The summed E-state index contributed by atoms with van der Waals surface area (Å²) in [5, 5.41) is 7.11. The summed E-state index contributed by atoms with van der Waals surface area (Å²) < 4.78 is 36.6. The van der Waals surface area contributed by atoms with E-state index in [9.17, 15) is 22.4 Å². The lowest BCUT2D eigenvalue weighted by molar-refractivity contribution is -0.115. The van der Waals surface area contributed by atoms with Gasteiger partial charge >= 0.3 is 6.03 Å².